The van der Waals surface area contributed by atoms with Gasteiger partial charge in [0.2, 0.25) is 11.8 Å². The maximum absolute atomic E-state index is 12.7. The van der Waals surface area contributed by atoms with Crippen molar-refractivity contribution in [3.8, 4) is 0 Å². The first kappa shape index (κ1) is 22.7. The highest BCUT2D eigenvalue weighted by atomic mass is 16.2. The molecule has 0 aromatic heterocycles. The molecule has 0 unspecified atom stereocenters. The lowest BCUT2D eigenvalue weighted by molar-refractivity contribution is -0.133. The third-order valence-electron chi connectivity index (χ3n) is 6.82. The van der Waals surface area contributed by atoms with Crippen LogP contribution in [0.25, 0.3) is 10.8 Å². The fraction of sp³-hybridized carbons (Fsp3) is 0.538. The minimum atomic E-state index is -0.0406. The highest BCUT2D eigenvalue weighted by Gasteiger charge is 2.24. The van der Waals surface area contributed by atoms with Gasteiger partial charge in [0.15, 0.2) is 0 Å². The first-order valence-corrected chi connectivity index (χ1v) is 12.1. The first-order chi connectivity index (χ1) is 15.6. The molecule has 2 amide bonds. The number of rotatable bonds is 6. The molecule has 2 heterocycles. The van der Waals surface area contributed by atoms with Gasteiger partial charge in [0.25, 0.3) is 0 Å². The molecule has 2 saturated heterocycles. The number of carbonyl (C=O) groups excluding carboxylic acids is 2. The van der Waals surface area contributed by atoms with Crippen LogP contribution in [0.15, 0.2) is 42.5 Å². The zero-order valence-electron chi connectivity index (χ0n) is 19.3. The summed E-state index contributed by atoms with van der Waals surface area (Å²) in [6.07, 6.45) is 4.74. The Bertz CT molecular complexity index is 910. The third-order valence-corrected chi connectivity index (χ3v) is 6.82. The molecule has 0 saturated carbocycles. The maximum Gasteiger partial charge on any atom is 0.236 e. The van der Waals surface area contributed by atoms with E-state index >= 15 is 0 Å². The number of nitrogens with zero attached hydrogens (tertiary/aromatic N) is 3. The number of piperazine rings is 1. The van der Waals surface area contributed by atoms with Crippen molar-refractivity contribution in [1.29, 1.82) is 0 Å². The largest absolute Gasteiger partial charge is 0.348 e. The fourth-order valence-corrected chi connectivity index (χ4v) is 4.91. The summed E-state index contributed by atoms with van der Waals surface area (Å²) in [6.45, 7) is 8.11. The highest BCUT2D eigenvalue weighted by molar-refractivity contribution is 5.87. The Labute approximate surface area is 191 Å². The van der Waals surface area contributed by atoms with Gasteiger partial charge in [0.1, 0.15) is 0 Å². The summed E-state index contributed by atoms with van der Waals surface area (Å²) in [5.74, 6) is 0.321. The molecule has 1 N–H and O–H groups in total. The van der Waals surface area contributed by atoms with Crippen molar-refractivity contribution in [3.05, 3.63) is 48.0 Å². The number of hydrogen-bond donors (Lipinski definition) is 1. The third kappa shape index (κ3) is 5.87. The van der Waals surface area contributed by atoms with Gasteiger partial charge >= 0.3 is 0 Å². The molecule has 172 valence electrons. The van der Waals surface area contributed by atoms with Crippen molar-refractivity contribution in [3.63, 3.8) is 0 Å². The van der Waals surface area contributed by atoms with Gasteiger partial charge in [0, 0.05) is 39.3 Å². The topological polar surface area (TPSA) is 55.9 Å². The van der Waals surface area contributed by atoms with Crippen molar-refractivity contribution in [2.75, 3.05) is 52.4 Å². The number of nitrogens with one attached hydrogen (secondary N) is 1. The van der Waals surface area contributed by atoms with E-state index in [2.05, 4.69) is 39.4 Å². The van der Waals surface area contributed by atoms with Gasteiger partial charge in [-0.25, -0.2) is 0 Å². The van der Waals surface area contributed by atoms with Gasteiger partial charge in [-0.05, 0) is 36.1 Å². The number of likely N-dealkylation sites (tertiary alicyclic amines) is 1. The lowest BCUT2D eigenvalue weighted by Gasteiger charge is -2.35. The van der Waals surface area contributed by atoms with Crippen molar-refractivity contribution < 1.29 is 9.59 Å². The van der Waals surface area contributed by atoms with E-state index in [0.717, 1.165) is 57.7 Å². The molecule has 2 aliphatic heterocycles. The molecular weight excluding hydrogens is 400 g/mol. The predicted molar refractivity (Wildman–Crippen MR) is 128 cm³/mol. The van der Waals surface area contributed by atoms with Gasteiger partial charge in [-0.1, -0.05) is 55.3 Å². The van der Waals surface area contributed by atoms with Gasteiger partial charge in [0.05, 0.1) is 19.1 Å². The highest BCUT2D eigenvalue weighted by Crippen LogP contribution is 2.24. The number of amides is 2. The van der Waals surface area contributed by atoms with Crippen LogP contribution < -0.4 is 5.32 Å². The number of carbonyl (C=O) groups is 2. The maximum atomic E-state index is 12.7. The van der Waals surface area contributed by atoms with Crippen LogP contribution in [-0.2, 0) is 9.59 Å². The van der Waals surface area contributed by atoms with Crippen LogP contribution in [0.2, 0.25) is 0 Å². The second-order valence-corrected chi connectivity index (χ2v) is 9.20. The predicted octanol–water partition coefficient (Wildman–Crippen LogP) is 3.04. The monoisotopic (exact) mass is 436 g/mol. The molecule has 2 aliphatic rings. The Morgan fingerprint density at radius 3 is 2.16 bits per heavy atom. The van der Waals surface area contributed by atoms with Gasteiger partial charge in [-0.15, -0.1) is 0 Å². The lowest BCUT2D eigenvalue weighted by atomic mass is 10.00. The van der Waals surface area contributed by atoms with Gasteiger partial charge in [-0.3, -0.25) is 19.4 Å². The Balaban J connectivity index is 1.22. The van der Waals surface area contributed by atoms with E-state index < -0.39 is 0 Å². The molecule has 2 aromatic rings. The molecule has 4 rings (SSSR count). The molecular formula is C26H36N4O2. The van der Waals surface area contributed by atoms with Gasteiger partial charge in [-0.2, -0.15) is 0 Å². The van der Waals surface area contributed by atoms with Crippen LogP contribution in [0, 0.1) is 0 Å². The summed E-state index contributed by atoms with van der Waals surface area (Å²) in [4.78, 5) is 31.8. The van der Waals surface area contributed by atoms with E-state index in [9.17, 15) is 9.59 Å². The van der Waals surface area contributed by atoms with Crippen LogP contribution in [0.5, 0.6) is 0 Å². The minimum Gasteiger partial charge on any atom is -0.348 e. The van der Waals surface area contributed by atoms with E-state index in [1.54, 1.807) is 0 Å². The summed E-state index contributed by atoms with van der Waals surface area (Å²) >= 11 is 0. The number of benzene rings is 2. The molecule has 0 bridgehead atoms. The quantitative estimate of drug-likeness (QED) is 0.756. The van der Waals surface area contributed by atoms with E-state index in [0.29, 0.717) is 13.1 Å². The Kier molecular flexibility index (Phi) is 7.76. The Hall–Kier alpha value is -2.44. The molecule has 6 nitrogen and oxygen atoms in total. The van der Waals surface area contributed by atoms with Gasteiger partial charge < -0.3 is 10.2 Å². The molecule has 2 fully saturated rings. The molecule has 0 aliphatic carbocycles. The average molecular weight is 437 g/mol. The molecule has 32 heavy (non-hydrogen) atoms. The van der Waals surface area contributed by atoms with Crippen LogP contribution >= 0.6 is 0 Å². The Morgan fingerprint density at radius 1 is 0.812 bits per heavy atom. The van der Waals surface area contributed by atoms with Crippen molar-refractivity contribution >= 4 is 22.6 Å². The molecule has 2 aromatic carbocycles. The van der Waals surface area contributed by atoms with Crippen LogP contribution in [0.1, 0.15) is 44.2 Å². The van der Waals surface area contributed by atoms with E-state index in [1.807, 2.05) is 30.0 Å². The molecule has 6 heteroatoms. The standard InChI is InChI=1S/C26H36N4O2/c1-21(23-12-8-10-22-9-4-5-11-24(22)23)27-25(31)19-28-15-17-29(18-16-28)20-26(32)30-13-6-2-3-7-14-30/h4-5,8-12,21H,2-3,6-7,13-20H2,1H3,(H,27,31)/t21-/m1/s1. The molecule has 1 atom stereocenters. The fourth-order valence-electron chi connectivity index (χ4n) is 4.91. The van der Waals surface area contributed by atoms with E-state index in [1.165, 1.54) is 23.6 Å². The Morgan fingerprint density at radius 2 is 1.44 bits per heavy atom. The second kappa shape index (κ2) is 10.9. The lowest BCUT2D eigenvalue weighted by Crippen LogP contribution is -2.52. The first-order valence-electron chi connectivity index (χ1n) is 12.1. The zero-order valence-corrected chi connectivity index (χ0v) is 19.3. The van der Waals surface area contributed by atoms with Crippen molar-refractivity contribution in [2.24, 2.45) is 0 Å². The molecule has 0 spiro atoms. The summed E-state index contributed by atoms with van der Waals surface area (Å²) in [6, 6.07) is 14.5. The van der Waals surface area contributed by atoms with Crippen LogP contribution in [-0.4, -0.2) is 78.9 Å². The average Bonchev–Trinajstić information content (AvgIpc) is 3.09. The number of hydrogen-bond acceptors (Lipinski definition) is 4. The SMILES string of the molecule is C[C@@H](NC(=O)CN1CCN(CC(=O)N2CCCCCC2)CC1)c1cccc2ccccc12. The second-order valence-electron chi connectivity index (χ2n) is 9.20. The smallest absolute Gasteiger partial charge is 0.236 e. The van der Waals surface area contributed by atoms with E-state index in [4.69, 9.17) is 0 Å². The van der Waals surface area contributed by atoms with E-state index in [-0.39, 0.29) is 17.9 Å². The van der Waals surface area contributed by atoms with Crippen LogP contribution in [0.4, 0.5) is 0 Å². The minimum absolute atomic E-state index is 0.0406. The van der Waals surface area contributed by atoms with Crippen molar-refractivity contribution in [1.82, 2.24) is 20.0 Å². The summed E-state index contributed by atoms with van der Waals surface area (Å²) in [5, 5.41) is 5.55. The van der Waals surface area contributed by atoms with Crippen LogP contribution in [0.3, 0.4) is 0 Å². The molecule has 0 radical (unpaired) electrons. The van der Waals surface area contributed by atoms with Crippen molar-refractivity contribution in [2.45, 2.75) is 38.6 Å². The summed E-state index contributed by atoms with van der Waals surface area (Å²) < 4.78 is 0. The normalized spacial score (nSPS) is 19.5. The summed E-state index contributed by atoms with van der Waals surface area (Å²) in [5.41, 5.74) is 1.15. The summed E-state index contributed by atoms with van der Waals surface area (Å²) in [7, 11) is 0. The number of fused-ring (bicyclic) bond motifs is 1. The zero-order chi connectivity index (χ0) is 22.3.